The van der Waals surface area contributed by atoms with E-state index < -0.39 is 148 Å². The lowest BCUT2D eigenvalue weighted by Crippen LogP contribution is -2.64. The van der Waals surface area contributed by atoms with Crippen LogP contribution < -0.4 is 0 Å². The summed E-state index contributed by atoms with van der Waals surface area (Å²) in [7, 11) is 4.89. The lowest BCUT2D eigenvalue weighted by molar-refractivity contribution is -0.338. The minimum absolute atomic E-state index is 0.430. The van der Waals surface area contributed by atoms with Gasteiger partial charge in [0, 0.05) is 11.5 Å². The number of hydrogen-bond donors (Lipinski definition) is 14. The molecule has 0 saturated carbocycles. The molecule has 4 heterocycles. The second-order valence-corrected chi connectivity index (χ2v) is 19.6. The van der Waals surface area contributed by atoms with Crippen molar-refractivity contribution < 1.29 is 99.9 Å². The number of fused-ring (bicyclic) bond motifs is 1. The Labute approximate surface area is 359 Å². The maximum Gasteiger partial charge on any atom is 0.187 e. The first kappa shape index (κ1) is 48.7. The summed E-state index contributed by atoms with van der Waals surface area (Å²) in [5.41, 5.74) is -0.176. The van der Waals surface area contributed by atoms with Gasteiger partial charge in [-0.05, 0) is 21.9 Å². The van der Waals surface area contributed by atoms with Crippen LogP contribution in [0.1, 0.15) is 11.1 Å². The minimum atomic E-state index is -1.77. The van der Waals surface area contributed by atoms with Crippen LogP contribution in [-0.2, 0) is 39.9 Å². The topological polar surface area (TPSA) is 339 Å². The molecule has 20 atom stereocenters. The summed E-state index contributed by atoms with van der Waals surface area (Å²) in [5.74, 6) is 0.860. The molecule has 0 aromatic heterocycles. The van der Waals surface area contributed by atoms with Gasteiger partial charge in [0.25, 0.3) is 0 Å². The number of benzene rings is 2. The van der Waals surface area contributed by atoms with Crippen molar-refractivity contribution in [2.45, 2.75) is 133 Å². The average Bonchev–Trinajstić information content (AvgIpc) is 3.26. The Bertz CT molecular complexity index is 1530. The average molecular weight is 933 g/mol. The zero-order valence-corrected chi connectivity index (χ0v) is 34.9. The fourth-order valence-electron chi connectivity index (χ4n) is 7.27. The maximum absolute atomic E-state index is 11.0. The van der Waals surface area contributed by atoms with E-state index in [0.29, 0.717) is 11.5 Å². The van der Waals surface area contributed by atoms with E-state index in [1.165, 1.54) is 21.6 Å². The van der Waals surface area contributed by atoms with E-state index in [9.17, 15) is 71.5 Å². The Morgan fingerprint density at radius 1 is 0.417 bits per heavy atom. The van der Waals surface area contributed by atoms with E-state index >= 15 is 0 Å². The molecule has 2 aromatic rings. The van der Waals surface area contributed by atoms with E-state index in [4.69, 9.17) is 28.4 Å². The molecule has 6 rings (SSSR count). The molecule has 4 saturated heterocycles. The largest absolute Gasteiger partial charge is 0.394 e. The maximum atomic E-state index is 11.0. The predicted molar refractivity (Wildman–Crippen MR) is 215 cm³/mol. The van der Waals surface area contributed by atoms with Gasteiger partial charge in [0.1, 0.15) is 109 Å². The molecular weight excluding hydrogens is 881 g/mol. The molecule has 2 aromatic carbocycles. The number of ether oxygens (including phenoxy) is 6. The van der Waals surface area contributed by atoms with Crippen molar-refractivity contribution in [3.05, 3.63) is 47.5 Å². The van der Waals surface area contributed by atoms with E-state index in [1.807, 2.05) is 36.4 Å². The number of aliphatic hydroxyl groups excluding tert-OH is 14. The van der Waals surface area contributed by atoms with Crippen LogP contribution in [-0.4, -0.2) is 219 Å². The van der Waals surface area contributed by atoms with Gasteiger partial charge in [-0.15, -0.1) is 0 Å². The van der Waals surface area contributed by atoms with Gasteiger partial charge < -0.3 is 99.9 Å². The van der Waals surface area contributed by atoms with Gasteiger partial charge in [-0.25, -0.2) is 0 Å². The molecule has 0 aliphatic carbocycles. The van der Waals surface area contributed by atoms with Crippen LogP contribution in [0.2, 0.25) is 0 Å². The van der Waals surface area contributed by atoms with E-state index in [-0.39, 0.29) is 0 Å². The molecule has 60 heavy (non-hydrogen) atoms. The summed E-state index contributed by atoms with van der Waals surface area (Å²) in [5, 5.41) is 146. The summed E-state index contributed by atoms with van der Waals surface area (Å²) in [4.78, 5) is 0. The van der Waals surface area contributed by atoms with Crippen LogP contribution in [0, 0.1) is 0 Å². The molecule has 4 fully saturated rings. The van der Waals surface area contributed by atoms with Crippen molar-refractivity contribution >= 4 is 53.9 Å². The molecule has 20 nitrogen and oxygen atoms in total. The Hall–Kier alpha value is -0.700. The van der Waals surface area contributed by atoms with E-state index in [0.717, 1.165) is 43.5 Å². The molecular formula is C36H52O20S4. The van der Waals surface area contributed by atoms with Gasteiger partial charge in [-0.3, -0.25) is 0 Å². The summed E-state index contributed by atoms with van der Waals surface area (Å²) in [6.07, 6.45) is -27.6. The van der Waals surface area contributed by atoms with E-state index in [2.05, 4.69) is 0 Å². The molecule has 0 radical (unpaired) electrons. The van der Waals surface area contributed by atoms with Gasteiger partial charge in [0.2, 0.25) is 0 Å². The molecule has 4 aliphatic rings. The van der Waals surface area contributed by atoms with Crippen molar-refractivity contribution in [2.75, 3.05) is 26.4 Å². The zero-order valence-electron chi connectivity index (χ0n) is 31.6. The highest BCUT2D eigenvalue weighted by Crippen LogP contribution is 2.42. The third-order valence-corrected chi connectivity index (χ3v) is 15.7. The van der Waals surface area contributed by atoms with Crippen molar-refractivity contribution in [3.8, 4) is 0 Å². The first-order valence-corrected chi connectivity index (χ1v) is 23.7. The number of aliphatic hydroxyl groups is 14. The number of rotatable bonds is 16. The van der Waals surface area contributed by atoms with Crippen LogP contribution in [0.3, 0.4) is 0 Å². The predicted octanol–water partition coefficient (Wildman–Crippen LogP) is -4.15. The van der Waals surface area contributed by atoms with Crippen LogP contribution in [0.15, 0.2) is 36.4 Å². The molecule has 340 valence electrons. The summed E-state index contributed by atoms with van der Waals surface area (Å²) < 4.78 is 33.8. The van der Waals surface area contributed by atoms with Crippen LogP contribution >= 0.6 is 43.2 Å². The Morgan fingerprint density at radius 2 is 0.783 bits per heavy atom. The molecule has 0 bridgehead atoms. The lowest BCUT2D eigenvalue weighted by atomic mass is 9.97. The van der Waals surface area contributed by atoms with Gasteiger partial charge >= 0.3 is 0 Å². The molecule has 14 N–H and O–H groups in total. The fourth-order valence-corrected chi connectivity index (χ4v) is 12.3. The van der Waals surface area contributed by atoms with E-state index in [1.54, 1.807) is 0 Å². The van der Waals surface area contributed by atoms with Gasteiger partial charge in [-0.2, -0.15) is 0 Å². The van der Waals surface area contributed by atoms with Crippen molar-refractivity contribution in [2.24, 2.45) is 0 Å². The number of hydrogen-bond acceptors (Lipinski definition) is 24. The van der Waals surface area contributed by atoms with Gasteiger partial charge in [0.15, 0.2) is 12.6 Å². The molecule has 0 unspecified atom stereocenters. The molecule has 24 heteroatoms. The first-order chi connectivity index (χ1) is 28.7. The van der Waals surface area contributed by atoms with Crippen molar-refractivity contribution in [1.29, 1.82) is 0 Å². The third-order valence-electron chi connectivity index (χ3n) is 10.8. The zero-order chi connectivity index (χ0) is 43.4. The Balaban J connectivity index is 1.02. The summed E-state index contributed by atoms with van der Waals surface area (Å²) in [6.45, 7) is -2.70. The SMILES string of the molecule is OC[C@H]1O[C@@H](O[C@H]2[C@H](O)[C@@H](O)[C@H](SSCc3ccc(CSS[C@@H]4O[C@H](CO)[C@@H](O[C@@H]5O[C@H](CO)[C@H](O)[C@H](O)[C@H]5O)[C@H](O)[C@H]4O)c4ccccc34)O[C@@H]2CO)[C@H](O)[C@@H](O)[C@H]1O. The summed E-state index contributed by atoms with van der Waals surface area (Å²) >= 11 is 0. The fraction of sp³-hybridized carbons (Fsp3) is 0.722. The smallest absolute Gasteiger partial charge is 0.187 e. The minimum Gasteiger partial charge on any atom is -0.394 e. The normalized spacial score (nSPS) is 42.7. The quantitative estimate of drug-likeness (QED) is 0.0711. The van der Waals surface area contributed by atoms with Gasteiger partial charge in [-0.1, -0.05) is 79.6 Å². The standard InChI is InChI=1S/C36H52O20S4/c37-7-17-21(41)23(43)27(47)33(51-17)55-31-19(9-39)53-35(29(49)25(31)45)59-57-11-13-5-6-14(16-4-2-1-3-15(13)16)12-58-60-36-30(50)26(46)32(20(10-40)54-36)56-34-28(48)24(44)22(42)18(8-38)52-34/h1-6,17-50H,7-12H2/t17-,18-,19-,20-,21+,22+,23+,24+,25-,26-,27-,28-,29-,30-,31-,32-,33+,34+,35+,36+/m1/s1. The highest BCUT2D eigenvalue weighted by atomic mass is 33.1. The lowest BCUT2D eigenvalue weighted by Gasteiger charge is -2.45. The molecule has 0 spiro atoms. The van der Waals surface area contributed by atoms with Crippen molar-refractivity contribution in [3.63, 3.8) is 0 Å². The second-order valence-electron chi connectivity index (χ2n) is 14.7. The first-order valence-electron chi connectivity index (χ1n) is 19.0. The Kier molecular flexibility index (Phi) is 17.9. The van der Waals surface area contributed by atoms with Gasteiger partial charge in [0.05, 0.1) is 26.4 Å². The van der Waals surface area contributed by atoms with Crippen molar-refractivity contribution in [1.82, 2.24) is 0 Å². The third kappa shape index (κ3) is 10.5. The Morgan fingerprint density at radius 3 is 1.13 bits per heavy atom. The molecule has 4 aliphatic heterocycles. The van der Waals surface area contributed by atoms with Crippen LogP contribution in [0.5, 0.6) is 0 Å². The highest BCUT2D eigenvalue weighted by Gasteiger charge is 2.52. The molecule has 0 amide bonds. The second kappa shape index (κ2) is 22.0. The highest BCUT2D eigenvalue weighted by molar-refractivity contribution is 8.76. The van der Waals surface area contributed by atoms with Crippen LogP contribution in [0.4, 0.5) is 0 Å². The summed E-state index contributed by atoms with van der Waals surface area (Å²) in [6, 6.07) is 11.5. The van der Waals surface area contributed by atoms with Crippen LogP contribution in [0.25, 0.3) is 10.8 Å². The monoisotopic (exact) mass is 932 g/mol.